The van der Waals surface area contributed by atoms with E-state index in [9.17, 15) is 0 Å². The van der Waals surface area contributed by atoms with Crippen molar-refractivity contribution in [2.75, 3.05) is 6.54 Å². The quantitative estimate of drug-likeness (QED) is 0.809. The standard InChI is InChI=1S/C14H18IN3/c1-3-16-12(9-13-17-7-8-18-13)11-6-4-5-10(2)14(11)15/h4-8,12,16H,3,9H2,1-2H3,(H,17,18). The molecule has 0 aliphatic carbocycles. The molecule has 1 unspecified atom stereocenters. The molecule has 1 atom stereocenters. The highest BCUT2D eigenvalue weighted by Crippen LogP contribution is 2.25. The number of imidazole rings is 1. The molecule has 18 heavy (non-hydrogen) atoms. The van der Waals surface area contributed by atoms with Crippen LogP contribution in [0, 0.1) is 10.5 Å². The number of aromatic nitrogens is 2. The molecule has 2 N–H and O–H groups in total. The first-order valence-electron chi connectivity index (χ1n) is 6.19. The van der Waals surface area contributed by atoms with Gasteiger partial charge in [0, 0.05) is 28.4 Å². The van der Waals surface area contributed by atoms with Crippen LogP contribution in [0.3, 0.4) is 0 Å². The van der Waals surface area contributed by atoms with Gasteiger partial charge in [-0.1, -0.05) is 25.1 Å². The smallest absolute Gasteiger partial charge is 0.107 e. The van der Waals surface area contributed by atoms with Gasteiger partial charge in [0.05, 0.1) is 0 Å². The van der Waals surface area contributed by atoms with E-state index >= 15 is 0 Å². The molecule has 0 saturated carbocycles. The number of benzene rings is 1. The third kappa shape index (κ3) is 3.11. The lowest BCUT2D eigenvalue weighted by atomic mass is 10.0. The lowest BCUT2D eigenvalue weighted by Gasteiger charge is -2.19. The van der Waals surface area contributed by atoms with E-state index < -0.39 is 0 Å². The number of rotatable bonds is 5. The summed E-state index contributed by atoms with van der Waals surface area (Å²) in [5.74, 6) is 1.03. The van der Waals surface area contributed by atoms with Crippen LogP contribution in [-0.4, -0.2) is 16.5 Å². The Bertz CT molecular complexity index is 494. The largest absolute Gasteiger partial charge is 0.349 e. The fourth-order valence-corrected chi connectivity index (χ4v) is 2.82. The summed E-state index contributed by atoms with van der Waals surface area (Å²) >= 11 is 2.43. The van der Waals surface area contributed by atoms with Crippen LogP contribution < -0.4 is 5.32 Å². The first kappa shape index (κ1) is 13.5. The van der Waals surface area contributed by atoms with Crippen molar-refractivity contribution in [3.05, 3.63) is 51.1 Å². The Morgan fingerprint density at radius 2 is 2.28 bits per heavy atom. The Hall–Kier alpha value is -0.880. The van der Waals surface area contributed by atoms with Gasteiger partial charge in [0.25, 0.3) is 0 Å². The summed E-state index contributed by atoms with van der Waals surface area (Å²) in [6, 6.07) is 6.79. The molecule has 0 radical (unpaired) electrons. The molecule has 0 bridgehead atoms. The van der Waals surface area contributed by atoms with Crippen LogP contribution in [0.1, 0.15) is 29.9 Å². The van der Waals surface area contributed by atoms with Crippen LogP contribution in [0.4, 0.5) is 0 Å². The number of likely N-dealkylation sites (N-methyl/N-ethyl adjacent to an activating group) is 1. The molecule has 0 aliphatic heterocycles. The minimum absolute atomic E-state index is 0.313. The van der Waals surface area contributed by atoms with Crippen LogP contribution in [-0.2, 0) is 6.42 Å². The van der Waals surface area contributed by atoms with E-state index in [2.05, 4.69) is 69.9 Å². The minimum atomic E-state index is 0.313. The number of H-pyrrole nitrogens is 1. The van der Waals surface area contributed by atoms with Gasteiger partial charge in [-0.25, -0.2) is 4.98 Å². The maximum Gasteiger partial charge on any atom is 0.107 e. The van der Waals surface area contributed by atoms with Crippen molar-refractivity contribution in [1.82, 2.24) is 15.3 Å². The summed E-state index contributed by atoms with van der Waals surface area (Å²) in [6.07, 6.45) is 4.57. The highest BCUT2D eigenvalue weighted by molar-refractivity contribution is 14.1. The molecule has 0 spiro atoms. The zero-order chi connectivity index (χ0) is 13.0. The third-order valence-corrected chi connectivity index (χ3v) is 4.47. The van der Waals surface area contributed by atoms with E-state index in [-0.39, 0.29) is 0 Å². The summed E-state index contributed by atoms with van der Waals surface area (Å²) in [7, 11) is 0. The van der Waals surface area contributed by atoms with Crippen LogP contribution in [0.2, 0.25) is 0 Å². The predicted octanol–water partition coefficient (Wildman–Crippen LogP) is 3.22. The van der Waals surface area contributed by atoms with Gasteiger partial charge in [0.2, 0.25) is 0 Å². The molecule has 1 aromatic carbocycles. The molecule has 0 aliphatic rings. The minimum Gasteiger partial charge on any atom is -0.349 e. The van der Waals surface area contributed by atoms with Gasteiger partial charge < -0.3 is 10.3 Å². The highest BCUT2D eigenvalue weighted by atomic mass is 127. The summed E-state index contributed by atoms with van der Waals surface area (Å²) in [6.45, 7) is 5.24. The monoisotopic (exact) mass is 355 g/mol. The number of nitrogens with one attached hydrogen (secondary N) is 2. The van der Waals surface area contributed by atoms with Gasteiger partial charge in [-0.3, -0.25) is 0 Å². The van der Waals surface area contributed by atoms with Gasteiger partial charge in [0.1, 0.15) is 5.82 Å². The molecule has 1 aromatic heterocycles. The van der Waals surface area contributed by atoms with Crippen molar-refractivity contribution in [1.29, 1.82) is 0 Å². The van der Waals surface area contributed by atoms with Gasteiger partial charge in [-0.15, -0.1) is 0 Å². The topological polar surface area (TPSA) is 40.7 Å². The Morgan fingerprint density at radius 1 is 1.44 bits per heavy atom. The number of halogens is 1. The Labute approximate surface area is 122 Å². The molecule has 2 aromatic rings. The molecule has 2 rings (SSSR count). The number of aromatic amines is 1. The van der Waals surface area contributed by atoms with E-state index in [0.29, 0.717) is 6.04 Å². The number of aryl methyl sites for hydroxylation is 1. The van der Waals surface area contributed by atoms with Gasteiger partial charge in [0.15, 0.2) is 0 Å². The maximum absolute atomic E-state index is 4.32. The summed E-state index contributed by atoms with van der Waals surface area (Å²) in [5.41, 5.74) is 2.68. The number of hydrogen-bond acceptors (Lipinski definition) is 2. The molecular weight excluding hydrogens is 337 g/mol. The van der Waals surface area contributed by atoms with E-state index in [1.165, 1.54) is 14.7 Å². The van der Waals surface area contributed by atoms with Gasteiger partial charge >= 0.3 is 0 Å². The molecule has 1 heterocycles. The highest BCUT2D eigenvalue weighted by Gasteiger charge is 2.16. The zero-order valence-corrected chi connectivity index (χ0v) is 12.9. The Balaban J connectivity index is 2.26. The van der Waals surface area contributed by atoms with Crippen LogP contribution in [0.15, 0.2) is 30.6 Å². The van der Waals surface area contributed by atoms with Crippen LogP contribution in [0.5, 0.6) is 0 Å². The molecule has 0 saturated heterocycles. The lowest BCUT2D eigenvalue weighted by Crippen LogP contribution is -2.24. The third-order valence-electron chi connectivity index (χ3n) is 3.00. The maximum atomic E-state index is 4.32. The Morgan fingerprint density at radius 3 is 2.94 bits per heavy atom. The Kier molecular flexibility index (Phi) is 4.77. The van der Waals surface area contributed by atoms with E-state index in [0.717, 1.165) is 18.8 Å². The molecular formula is C14H18IN3. The zero-order valence-electron chi connectivity index (χ0n) is 10.7. The van der Waals surface area contributed by atoms with Crippen molar-refractivity contribution in [3.8, 4) is 0 Å². The molecule has 3 nitrogen and oxygen atoms in total. The number of hydrogen-bond donors (Lipinski definition) is 2. The second kappa shape index (κ2) is 6.33. The summed E-state index contributed by atoms with van der Waals surface area (Å²) in [5, 5.41) is 3.54. The second-order valence-electron chi connectivity index (χ2n) is 4.33. The van der Waals surface area contributed by atoms with Gasteiger partial charge in [-0.2, -0.15) is 0 Å². The molecule has 0 amide bonds. The van der Waals surface area contributed by atoms with E-state index in [4.69, 9.17) is 0 Å². The molecule has 96 valence electrons. The van der Waals surface area contributed by atoms with Crippen molar-refractivity contribution in [2.24, 2.45) is 0 Å². The molecule has 0 fully saturated rings. The molecule has 4 heteroatoms. The first-order valence-corrected chi connectivity index (χ1v) is 7.27. The van der Waals surface area contributed by atoms with Crippen LogP contribution in [0.25, 0.3) is 0 Å². The predicted molar refractivity (Wildman–Crippen MR) is 82.6 cm³/mol. The number of nitrogens with zero attached hydrogens (tertiary/aromatic N) is 1. The normalized spacial score (nSPS) is 12.6. The van der Waals surface area contributed by atoms with Crippen molar-refractivity contribution >= 4 is 22.6 Å². The summed E-state index contributed by atoms with van der Waals surface area (Å²) < 4.78 is 1.34. The summed E-state index contributed by atoms with van der Waals surface area (Å²) in [4.78, 5) is 7.49. The van der Waals surface area contributed by atoms with E-state index in [1.54, 1.807) is 6.20 Å². The van der Waals surface area contributed by atoms with Crippen molar-refractivity contribution in [2.45, 2.75) is 26.3 Å². The fraction of sp³-hybridized carbons (Fsp3) is 0.357. The van der Waals surface area contributed by atoms with Gasteiger partial charge in [-0.05, 0) is 47.2 Å². The second-order valence-corrected chi connectivity index (χ2v) is 5.41. The van der Waals surface area contributed by atoms with E-state index in [1.807, 2.05) is 6.20 Å². The van der Waals surface area contributed by atoms with Crippen molar-refractivity contribution < 1.29 is 0 Å². The fourth-order valence-electron chi connectivity index (χ4n) is 2.08. The average Bonchev–Trinajstić information content (AvgIpc) is 2.85. The lowest BCUT2D eigenvalue weighted by molar-refractivity contribution is 0.537. The first-order chi connectivity index (χ1) is 8.72. The average molecular weight is 355 g/mol. The van der Waals surface area contributed by atoms with Crippen molar-refractivity contribution in [3.63, 3.8) is 0 Å². The van der Waals surface area contributed by atoms with Crippen LogP contribution >= 0.6 is 22.6 Å². The SMILES string of the molecule is CCNC(Cc1ncc[nH]1)c1cccc(C)c1I.